The first-order valence-corrected chi connectivity index (χ1v) is 12.3. The highest BCUT2D eigenvalue weighted by atomic mass is 16.7. The monoisotopic (exact) mass is 413 g/mol. The number of nitrogens with one attached hydrogen (secondary N) is 1. The van der Waals surface area contributed by atoms with Crippen LogP contribution in [0.4, 0.5) is 4.79 Å². The minimum Gasteiger partial charge on any atom is -0.351 e. The Bertz CT molecular complexity index is 643. The second kappa shape index (κ2) is 11.1. The molecule has 5 heteroatoms. The van der Waals surface area contributed by atoms with Crippen LogP contribution in [0.3, 0.4) is 0 Å². The zero-order chi connectivity index (χ0) is 20.6. The number of amides is 1. The average Bonchev–Trinajstić information content (AvgIpc) is 3.29. The van der Waals surface area contributed by atoms with E-state index in [1.54, 1.807) is 0 Å². The molecule has 2 saturated heterocycles. The molecule has 1 saturated carbocycles. The van der Waals surface area contributed by atoms with Gasteiger partial charge >= 0.3 is 6.09 Å². The first kappa shape index (κ1) is 21.6. The predicted molar refractivity (Wildman–Crippen MR) is 120 cm³/mol. The molecule has 1 N–H and O–H groups in total. The molecule has 0 bridgehead atoms. The van der Waals surface area contributed by atoms with E-state index >= 15 is 0 Å². The Morgan fingerprint density at radius 3 is 2.17 bits per heavy atom. The van der Waals surface area contributed by atoms with Crippen LogP contribution in [-0.2, 0) is 17.8 Å². The molecular formula is C25H39N3O2. The van der Waals surface area contributed by atoms with Gasteiger partial charge in [-0.25, -0.2) is 4.79 Å². The van der Waals surface area contributed by atoms with E-state index in [1.807, 2.05) is 5.06 Å². The van der Waals surface area contributed by atoms with Crippen LogP contribution < -0.4 is 5.32 Å². The maximum atomic E-state index is 12.2. The van der Waals surface area contributed by atoms with Crippen molar-refractivity contribution >= 4 is 6.09 Å². The highest BCUT2D eigenvalue weighted by Crippen LogP contribution is 2.35. The molecule has 30 heavy (non-hydrogen) atoms. The average molecular weight is 414 g/mol. The second-order valence-electron chi connectivity index (χ2n) is 9.52. The molecule has 4 rings (SSSR count). The number of hydroxylamine groups is 2. The van der Waals surface area contributed by atoms with Gasteiger partial charge in [0, 0.05) is 26.2 Å². The highest BCUT2D eigenvalue weighted by Gasteiger charge is 2.28. The van der Waals surface area contributed by atoms with Crippen LogP contribution in [-0.4, -0.2) is 48.8 Å². The van der Waals surface area contributed by atoms with Crippen molar-refractivity contribution in [1.82, 2.24) is 15.3 Å². The molecule has 1 aliphatic carbocycles. The standard InChI is InChI=1S/C25H39N3O2/c29-25(30-28-18-13-24(14-19-28)23-6-2-1-3-7-23)26-15-12-21-8-10-22(11-9-21)20-27-16-4-5-17-27/h8-11,23-24H,1-7,12-20H2,(H,26,29). The quantitative estimate of drug-likeness (QED) is 0.700. The first-order valence-electron chi connectivity index (χ1n) is 12.3. The summed E-state index contributed by atoms with van der Waals surface area (Å²) in [5.74, 6) is 1.75. The summed E-state index contributed by atoms with van der Waals surface area (Å²) >= 11 is 0. The van der Waals surface area contributed by atoms with E-state index < -0.39 is 0 Å². The van der Waals surface area contributed by atoms with Gasteiger partial charge in [0.25, 0.3) is 0 Å². The van der Waals surface area contributed by atoms with Crippen LogP contribution in [0.1, 0.15) is 68.9 Å². The Labute approximate surface area is 182 Å². The number of carbonyl (C=O) groups excluding carboxylic acids is 1. The summed E-state index contributed by atoms with van der Waals surface area (Å²) in [6.07, 6.45) is 12.6. The van der Waals surface area contributed by atoms with Crippen molar-refractivity contribution in [1.29, 1.82) is 0 Å². The molecule has 5 nitrogen and oxygen atoms in total. The van der Waals surface area contributed by atoms with Crippen LogP contribution in [0.2, 0.25) is 0 Å². The van der Waals surface area contributed by atoms with Gasteiger partial charge < -0.3 is 10.2 Å². The summed E-state index contributed by atoms with van der Waals surface area (Å²) in [4.78, 5) is 20.2. The topological polar surface area (TPSA) is 44.8 Å². The van der Waals surface area contributed by atoms with Crippen molar-refractivity contribution < 1.29 is 9.63 Å². The van der Waals surface area contributed by atoms with Crippen molar-refractivity contribution in [2.75, 3.05) is 32.7 Å². The third-order valence-corrected chi connectivity index (χ3v) is 7.34. The van der Waals surface area contributed by atoms with Gasteiger partial charge in [0.1, 0.15) is 0 Å². The van der Waals surface area contributed by atoms with E-state index in [0.29, 0.717) is 6.54 Å². The zero-order valence-electron chi connectivity index (χ0n) is 18.5. The van der Waals surface area contributed by atoms with E-state index in [-0.39, 0.29) is 6.09 Å². The maximum Gasteiger partial charge on any atom is 0.426 e. The fourth-order valence-electron chi connectivity index (χ4n) is 5.51. The maximum absolute atomic E-state index is 12.2. The van der Waals surface area contributed by atoms with Gasteiger partial charge in [-0.1, -0.05) is 56.4 Å². The fraction of sp³-hybridized carbons (Fsp3) is 0.720. The molecule has 2 heterocycles. The van der Waals surface area contributed by atoms with Crippen LogP contribution in [0.15, 0.2) is 24.3 Å². The molecule has 3 fully saturated rings. The van der Waals surface area contributed by atoms with Crippen LogP contribution in [0.5, 0.6) is 0 Å². The number of benzene rings is 1. The van der Waals surface area contributed by atoms with Crippen LogP contribution in [0, 0.1) is 11.8 Å². The molecule has 0 radical (unpaired) electrons. The van der Waals surface area contributed by atoms with Gasteiger partial charge in [0.2, 0.25) is 0 Å². The molecule has 1 aromatic carbocycles. The number of hydrogen-bond acceptors (Lipinski definition) is 4. The zero-order valence-corrected chi connectivity index (χ0v) is 18.5. The van der Waals surface area contributed by atoms with E-state index in [4.69, 9.17) is 4.84 Å². The van der Waals surface area contributed by atoms with Crippen molar-refractivity contribution in [3.63, 3.8) is 0 Å². The number of rotatable bonds is 7. The van der Waals surface area contributed by atoms with Gasteiger partial charge in [0.15, 0.2) is 0 Å². The minimum atomic E-state index is -0.309. The third-order valence-electron chi connectivity index (χ3n) is 7.34. The van der Waals surface area contributed by atoms with Crippen LogP contribution >= 0.6 is 0 Å². The Morgan fingerprint density at radius 1 is 0.833 bits per heavy atom. The predicted octanol–water partition coefficient (Wildman–Crippen LogP) is 4.76. The smallest absolute Gasteiger partial charge is 0.351 e. The summed E-state index contributed by atoms with van der Waals surface area (Å²) in [6, 6.07) is 8.83. The Kier molecular flexibility index (Phi) is 8.04. The fourth-order valence-corrected chi connectivity index (χ4v) is 5.51. The highest BCUT2D eigenvalue weighted by molar-refractivity contribution is 5.66. The Balaban J connectivity index is 1.10. The number of carbonyl (C=O) groups is 1. The molecule has 0 aromatic heterocycles. The van der Waals surface area contributed by atoms with Crippen molar-refractivity contribution in [3.05, 3.63) is 35.4 Å². The SMILES string of the molecule is O=C(NCCc1ccc(CN2CCCC2)cc1)ON1CCC(C2CCCCC2)CC1. The molecule has 0 atom stereocenters. The number of hydrogen-bond donors (Lipinski definition) is 1. The number of likely N-dealkylation sites (tertiary alicyclic amines) is 1. The largest absolute Gasteiger partial charge is 0.426 e. The lowest BCUT2D eigenvalue weighted by Gasteiger charge is -2.36. The minimum absolute atomic E-state index is 0.309. The molecule has 1 aromatic rings. The van der Waals surface area contributed by atoms with Crippen LogP contribution in [0.25, 0.3) is 0 Å². The van der Waals surface area contributed by atoms with Crippen molar-refractivity contribution in [2.45, 2.75) is 70.8 Å². The van der Waals surface area contributed by atoms with Gasteiger partial charge in [-0.05, 0) is 68.2 Å². The number of piperidine rings is 1. The van der Waals surface area contributed by atoms with E-state index in [0.717, 1.165) is 37.9 Å². The summed E-state index contributed by atoms with van der Waals surface area (Å²) in [5.41, 5.74) is 2.64. The molecule has 2 aliphatic heterocycles. The van der Waals surface area contributed by atoms with Gasteiger partial charge in [0.05, 0.1) is 0 Å². The molecule has 0 unspecified atom stereocenters. The van der Waals surface area contributed by atoms with E-state index in [9.17, 15) is 4.79 Å². The summed E-state index contributed by atoms with van der Waals surface area (Å²) in [6.45, 7) is 5.89. The molecular weight excluding hydrogens is 374 g/mol. The lowest BCUT2D eigenvalue weighted by molar-refractivity contribution is -0.122. The lowest BCUT2D eigenvalue weighted by Crippen LogP contribution is -2.40. The molecule has 1 amide bonds. The molecule has 166 valence electrons. The van der Waals surface area contributed by atoms with Crippen molar-refractivity contribution in [3.8, 4) is 0 Å². The first-order chi connectivity index (χ1) is 14.8. The molecule has 3 aliphatic rings. The molecule has 0 spiro atoms. The summed E-state index contributed by atoms with van der Waals surface area (Å²) in [7, 11) is 0. The second-order valence-corrected chi connectivity index (χ2v) is 9.52. The number of nitrogens with zero attached hydrogens (tertiary/aromatic N) is 2. The van der Waals surface area contributed by atoms with E-state index in [1.165, 1.54) is 82.0 Å². The van der Waals surface area contributed by atoms with E-state index in [2.05, 4.69) is 34.5 Å². The van der Waals surface area contributed by atoms with Gasteiger partial charge in [-0.3, -0.25) is 4.90 Å². The normalized spacial score (nSPS) is 22.3. The Hall–Kier alpha value is -1.59. The van der Waals surface area contributed by atoms with Crippen molar-refractivity contribution in [2.24, 2.45) is 11.8 Å². The third kappa shape index (κ3) is 6.45. The van der Waals surface area contributed by atoms with Gasteiger partial charge in [-0.2, -0.15) is 0 Å². The Morgan fingerprint density at radius 2 is 1.47 bits per heavy atom. The van der Waals surface area contributed by atoms with Gasteiger partial charge in [-0.15, -0.1) is 5.06 Å². The summed E-state index contributed by atoms with van der Waals surface area (Å²) < 4.78 is 0. The lowest BCUT2D eigenvalue weighted by atomic mass is 9.76. The summed E-state index contributed by atoms with van der Waals surface area (Å²) in [5, 5.41) is 4.78.